The van der Waals surface area contributed by atoms with Gasteiger partial charge < -0.3 is 9.15 Å². The molecular weight excluding hydrogens is 353 g/mol. The zero-order valence-corrected chi connectivity index (χ0v) is 13.7. The maximum Gasteiger partial charge on any atom is 0.322 e. The molecule has 1 amide bonds. The van der Waals surface area contributed by atoms with Crippen molar-refractivity contribution in [2.75, 3.05) is 5.32 Å². The Hall–Kier alpha value is -2.57. The molecule has 0 aliphatic rings. The van der Waals surface area contributed by atoms with Crippen molar-refractivity contribution in [3.05, 3.63) is 70.0 Å². The van der Waals surface area contributed by atoms with Gasteiger partial charge in [-0.05, 0) is 48.5 Å². The number of benzene rings is 2. The van der Waals surface area contributed by atoms with Gasteiger partial charge in [-0.15, -0.1) is 5.10 Å². The highest BCUT2D eigenvalue weighted by atomic mass is 35.5. The van der Waals surface area contributed by atoms with E-state index in [1.807, 2.05) is 0 Å². The zero-order valence-electron chi connectivity index (χ0n) is 12.2. The molecular formula is C16H11Cl2N3O3. The summed E-state index contributed by atoms with van der Waals surface area (Å²) in [6.45, 7) is 0.0748. The average Bonchev–Trinajstić information content (AvgIpc) is 3.02. The molecule has 0 saturated carbocycles. The van der Waals surface area contributed by atoms with Crippen LogP contribution in [0.25, 0.3) is 0 Å². The molecule has 8 heteroatoms. The van der Waals surface area contributed by atoms with Crippen LogP contribution in [0.1, 0.15) is 16.2 Å². The lowest BCUT2D eigenvalue weighted by atomic mass is 10.2. The van der Waals surface area contributed by atoms with Crippen molar-refractivity contribution in [3.8, 4) is 5.75 Å². The third-order valence-corrected chi connectivity index (χ3v) is 3.47. The predicted octanol–water partition coefficient (Wildman–Crippen LogP) is 4.21. The Labute approximate surface area is 147 Å². The van der Waals surface area contributed by atoms with E-state index in [0.29, 0.717) is 21.4 Å². The molecule has 0 radical (unpaired) electrons. The second-order valence-corrected chi connectivity index (χ2v) is 5.58. The van der Waals surface area contributed by atoms with Crippen molar-refractivity contribution >= 4 is 35.1 Å². The van der Waals surface area contributed by atoms with Gasteiger partial charge in [0.2, 0.25) is 0 Å². The molecule has 0 fully saturated rings. The number of rotatable bonds is 5. The van der Waals surface area contributed by atoms with Gasteiger partial charge >= 0.3 is 6.01 Å². The summed E-state index contributed by atoms with van der Waals surface area (Å²) < 4.78 is 10.8. The first-order chi connectivity index (χ1) is 11.6. The number of aromatic nitrogens is 2. The van der Waals surface area contributed by atoms with Crippen LogP contribution in [0, 0.1) is 0 Å². The number of nitrogens with zero attached hydrogens (tertiary/aromatic N) is 2. The van der Waals surface area contributed by atoms with Gasteiger partial charge in [0.1, 0.15) is 5.75 Å². The minimum absolute atomic E-state index is 0.00958. The molecule has 0 unspecified atom stereocenters. The van der Waals surface area contributed by atoms with Gasteiger partial charge in [-0.3, -0.25) is 10.1 Å². The minimum Gasteiger partial charge on any atom is -0.484 e. The highest BCUT2D eigenvalue weighted by Crippen LogP contribution is 2.17. The van der Waals surface area contributed by atoms with E-state index in [-0.39, 0.29) is 24.4 Å². The van der Waals surface area contributed by atoms with Crippen molar-refractivity contribution in [3.63, 3.8) is 0 Å². The summed E-state index contributed by atoms with van der Waals surface area (Å²) >= 11 is 11.6. The zero-order chi connectivity index (χ0) is 16.9. The van der Waals surface area contributed by atoms with Crippen LogP contribution in [0.15, 0.2) is 52.9 Å². The maximum atomic E-state index is 12.0. The molecule has 1 heterocycles. The number of hydrogen-bond donors (Lipinski definition) is 1. The summed E-state index contributed by atoms with van der Waals surface area (Å²) in [7, 11) is 0. The van der Waals surface area contributed by atoms with Crippen molar-refractivity contribution in [2.45, 2.75) is 6.61 Å². The molecule has 0 bridgehead atoms. The summed E-state index contributed by atoms with van der Waals surface area (Å²) in [5, 5.41) is 11.2. The molecule has 0 aliphatic heterocycles. The second-order valence-electron chi connectivity index (χ2n) is 4.70. The van der Waals surface area contributed by atoms with Crippen molar-refractivity contribution in [1.82, 2.24) is 10.2 Å². The number of nitrogens with one attached hydrogen (secondary N) is 1. The van der Waals surface area contributed by atoms with Crippen LogP contribution in [0.5, 0.6) is 5.75 Å². The predicted molar refractivity (Wildman–Crippen MR) is 89.5 cm³/mol. The lowest BCUT2D eigenvalue weighted by Crippen LogP contribution is -2.11. The summed E-state index contributed by atoms with van der Waals surface area (Å²) in [6, 6.07) is 13.3. The fraction of sp³-hybridized carbons (Fsp3) is 0.0625. The second kappa shape index (κ2) is 7.33. The largest absolute Gasteiger partial charge is 0.484 e. The molecule has 2 aromatic carbocycles. The monoisotopic (exact) mass is 363 g/mol. The summed E-state index contributed by atoms with van der Waals surface area (Å²) in [5.74, 6) is 0.473. The molecule has 0 spiro atoms. The van der Waals surface area contributed by atoms with Crippen LogP contribution < -0.4 is 10.1 Å². The first-order valence-corrected chi connectivity index (χ1v) is 7.63. The summed E-state index contributed by atoms with van der Waals surface area (Å²) in [4.78, 5) is 12.0. The molecule has 1 N–H and O–H groups in total. The van der Waals surface area contributed by atoms with E-state index in [1.165, 1.54) is 0 Å². The van der Waals surface area contributed by atoms with E-state index < -0.39 is 0 Å². The fourth-order valence-electron chi connectivity index (χ4n) is 1.81. The van der Waals surface area contributed by atoms with Gasteiger partial charge in [0.25, 0.3) is 11.8 Å². The van der Waals surface area contributed by atoms with E-state index in [9.17, 15) is 4.79 Å². The van der Waals surface area contributed by atoms with Gasteiger partial charge in [0.05, 0.1) is 0 Å². The van der Waals surface area contributed by atoms with Gasteiger partial charge in [0, 0.05) is 15.6 Å². The quantitative estimate of drug-likeness (QED) is 0.734. The highest BCUT2D eigenvalue weighted by molar-refractivity contribution is 6.30. The Balaban J connectivity index is 1.58. The van der Waals surface area contributed by atoms with Crippen LogP contribution in [0.4, 0.5) is 6.01 Å². The van der Waals surface area contributed by atoms with Crippen LogP contribution in [0.3, 0.4) is 0 Å². The number of amides is 1. The Morgan fingerprint density at radius 2 is 1.62 bits per heavy atom. The SMILES string of the molecule is O=C(Nc1nnc(COc2ccc(Cl)cc2)o1)c1ccc(Cl)cc1. The number of carbonyl (C=O) groups is 1. The lowest BCUT2D eigenvalue weighted by molar-refractivity contribution is 0.102. The minimum atomic E-state index is -0.375. The number of carbonyl (C=O) groups excluding carboxylic acids is 1. The third-order valence-electron chi connectivity index (χ3n) is 2.97. The van der Waals surface area contributed by atoms with Crippen molar-refractivity contribution in [1.29, 1.82) is 0 Å². The highest BCUT2D eigenvalue weighted by Gasteiger charge is 2.12. The molecule has 0 atom stereocenters. The summed E-state index contributed by atoms with van der Waals surface area (Å²) in [5.41, 5.74) is 0.427. The Kier molecular flexibility index (Phi) is 4.98. The topological polar surface area (TPSA) is 77.2 Å². The molecule has 24 heavy (non-hydrogen) atoms. The fourth-order valence-corrected chi connectivity index (χ4v) is 2.06. The molecule has 1 aromatic heterocycles. The molecule has 6 nitrogen and oxygen atoms in total. The first kappa shape index (κ1) is 16.3. The smallest absolute Gasteiger partial charge is 0.322 e. The van der Waals surface area contributed by atoms with Crippen molar-refractivity contribution < 1.29 is 13.9 Å². The lowest BCUT2D eigenvalue weighted by Gasteiger charge is -2.02. The van der Waals surface area contributed by atoms with E-state index in [2.05, 4.69) is 15.5 Å². The number of ether oxygens (including phenoxy) is 1. The third kappa shape index (κ3) is 4.24. The Morgan fingerprint density at radius 3 is 2.29 bits per heavy atom. The molecule has 122 valence electrons. The van der Waals surface area contributed by atoms with Crippen molar-refractivity contribution in [2.24, 2.45) is 0 Å². The van der Waals surface area contributed by atoms with E-state index in [0.717, 1.165) is 0 Å². The van der Waals surface area contributed by atoms with Crippen LogP contribution in [-0.2, 0) is 6.61 Å². The average molecular weight is 364 g/mol. The normalized spacial score (nSPS) is 10.4. The molecule has 3 aromatic rings. The molecule has 0 aliphatic carbocycles. The van der Waals surface area contributed by atoms with Gasteiger partial charge in [-0.25, -0.2) is 0 Å². The first-order valence-electron chi connectivity index (χ1n) is 6.88. The summed E-state index contributed by atoms with van der Waals surface area (Å²) in [6.07, 6.45) is 0. The number of halogens is 2. The Bertz CT molecular complexity index is 833. The van der Waals surface area contributed by atoms with Crippen LogP contribution in [-0.4, -0.2) is 16.1 Å². The number of anilines is 1. The van der Waals surface area contributed by atoms with Gasteiger partial charge in [-0.2, -0.15) is 0 Å². The van der Waals surface area contributed by atoms with E-state index in [4.69, 9.17) is 32.4 Å². The van der Waals surface area contributed by atoms with Crippen LogP contribution in [0.2, 0.25) is 10.0 Å². The maximum absolute atomic E-state index is 12.0. The number of hydrogen-bond acceptors (Lipinski definition) is 5. The van der Waals surface area contributed by atoms with Gasteiger partial charge in [0.15, 0.2) is 6.61 Å². The van der Waals surface area contributed by atoms with E-state index >= 15 is 0 Å². The Morgan fingerprint density at radius 1 is 1.00 bits per heavy atom. The standard InChI is InChI=1S/C16H11Cl2N3O3/c17-11-3-1-10(2-4-11)15(22)19-16-21-20-14(24-16)9-23-13-7-5-12(18)6-8-13/h1-8H,9H2,(H,19,21,22). The van der Waals surface area contributed by atoms with E-state index in [1.54, 1.807) is 48.5 Å². The molecule has 3 rings (SSSR count). The van der Waals surface area contributed by atoms with Crippen LogP contribution >= 0.6 is 23.2 Å². The molecule has 0 saturated heterocycles. The van der Waals surface area contributed by atoms with Gasteiger partial charge in [-0.1, -0.05) is 28.3 Å².